The van der Waals surface area contributed by atoms with Gasteiger partial charge in [0.1, 0.15) is 17.7 Å². The molecule has 32 heavy (non-hydrogen) atoms. The van der Waals surface area contributed by atoms with Gasteiger partial charge in [0.2, 0.25) is 0 Å². The van der Waals surface area contributed by atoms with Crippen molar-refractivity contribution < 1.29 is 9.59 Å². The van der Waals surface area contributed by atoms with Crippen LogP contribution >= 0.6 is 0 Å². The topological polar surface area (TPSA) is 118 Å². The minimum absolute atomic E-state index is 0.127. The molecule has 158 valence electrons. The van der Waals surface area contributed by atoms with Crippen molar-refractivity contribution in [3.05, 3.63) is 78.5 Å². The summed E-state index contributed by atoms with van der Waals surface area (Å²) >= 11 is 0. The number of aromatic amines is 1. The third-order valence-electron chi connectivity index (χ3n) is 5.22. The maximum Gasteiger partial charge on any atom is 0.274 e. The molecule has 1 amide bonds. The zero-order chi connectivity index (χ0) is 22.2. The van der Waals surface area contributed by atoms with Crippen molar-refractivity contribution in [2.45, 2.75) is 19.9 Å². The highest BCUT2D eigenvalue weighted by molar-refractivity contribution is 6.16. The zero-order valence-corrected chi connectivity index (χ0v) is 17.4. The van der Waals surface area contributed by atoms with Gasteiger partial charge in [-0.05, 0) is 32.0 Å². The number of pyridine rings is 2. The van der Waals surface area contributed by atoms with Gasteiger partial charge in [-0.2, -0.15) is 0 Å². The molecule has 9 heteroatoms. The van der Waals surface area contributed by atoms with E-state index in [1.807, 2.05) is 24.5 Å². The Morgan fingerprint density at radius 1 is 1.06 bits per heavy atom. The van der Waals surface area contributed by atoms with E-state index in [0.717, 1.165) is 10.9 Å². The van der Waals surface area contributed by atoms with Gasteiger partial charge in [0.25, 0.3) is 5.91 Å². The predicted molar refractivity (Wildman–Crippen MR) is 120 cm³/mol. The molecule has 0 saturated carbocycles. The van der Waals surface area contributed by atoms with Gasteiger partial charge < -0.3 is 14.9 Å². The zero-order valence-electron chi connectivity index (χ0n) is 17.4. The van der Waals surface area contributed by atoms with Crippen LogP contribution in [0.25, 0.3) is 21.9 Å². The van der Waals surface area contributed by atoms with E-state index in [1.54, 1.807) is 36.9 Å². The molecule has 0 saturated heterocycles. The quantitative estimate of drug-likeness (QED) is 0.414. The summed E-state index contributed by atoms with van der Waals surface area (Å²) in [5.74, 6) is -0.607. The van der Waals surface area contributed by atoms with E-state index >= 15 is 0 Å². The molecule has 5 aromatic heterocycles. The first-order valence-corrected chi connectivity index (χ1v) is 10.1. The second-order valence-electron chi connectivity index (χ2n) is 7.68. The van der Waals surface area contributed by atoms with Crippen LogP contribution in [-0.2, 0) is 0 Å². The van der Waals surface area contributed by atoms with Gasteiger partial charge >= 0.3 is 0 Å². The van der Waals surface area contributed by atoms with Crippen molar-refractivity contribution in [1.82, 2.24) is 29.5 Å². The highest BCUT2D eigenvalue weighted by atomic mass is 16.2. The van der Waals surface area contributed by atoms with Crippen LogP contribution < -0.4 is 5.32 Å². The Hall–Kier alpha value is -4.40. The normalized spacial score (nSPS) is 11.3. The lowest BCUT2D eigenvalue weighted by molar-refractivity contribution is 0.101. The third-order valence-corrected chi connectivity index (χ3v) is 5.22. The van der Waals surface area contributed by atoms with Crippen molar-refractivity contribution in [2.75, 3.05) is 5.32 Å². The molecule has 0 aliphatic heterocycles. The van der Waals surface area contributed by atoms with Crippen LogP contribution in [-0.4, -0.2) is 41.2 Å². The lowest BCUT2D eigenvalue weighted by Crippen LogP contribution is -2.14. The molecule has 0 aromatic carbocycles. The van der Waals surface area contributed by atoms with Crippen molar-refractivity contribution >= 4 is 39.3 Å². The first-order chi connectivity index (χ1) is 15.5. The minimum atomic E-state index is -0.385. The number of hydrogen-bond donors (Lipinski definition) is 2. The highest BCUT2D eigenvalue weighted by Gasteiger charge is 2.20. The van der Waals surface area contributed by atoms with E-state index in [4.69, 9.17) is 0 Å². The Morgan fingerprint density at radius 3 is 2.78 bits per heavy atom. The molecule has 5 heterocycles. The van der Waals surface area contributed by atoms with E-state index < -0.39 is 0 Å². The van der Waals surface area contributed by atoms with Gasteiger partial charge in [-0.3, -0.25) is 14.6 Å². The minimum Gasteiger partial charge on any atom is -0.360 e. The average Bonchev–Trinajstić information content (AvgIpc) is 3.43. The summed E-state index contributed by atoms with van der Waals surface area (Å²) in [5, 5.41) is 4.32. The fourth-order valence-corrected chi connectivity index (χ4v) is 3.62. The van der Waals surface area contributed by atoms with Crippen LogP contribution in [0, 0.1) is 0 Å². The number of H-pyrrole nitrogens is 1. The molecule has 2 N–H and O–H groups in total. The lowest BCUT2D eigenvalue weighted by atomic mass is 10.1. The summed E-state index contributed by atoms with van der Waals surface area (Å²) < 4.78 is 1.94. The molecule has 9 nitrogen and oxygen atoms in total. The number of carbonyl (C=O) groups excluding carboxylic acids is 2. The molecular formula is C23H19N7O2. The Labute approximate surface area is 182 Å². The Morgan fingerprint density at radius 2 is 1.94 bits per heavy atom. The number of amides is 1. The highest BCUT2D eigenvalue weighted by Crippen LogP contribution is 2.25. The third kappa shape index (κ3) is 3.39. The smallest absolute Gasteiger partial charge is 0.274 e. The van der Waals surface area contributed by atoms with Crippen molar-refractivity contribution in [2.24, 2.45) is 0 Å². The first kappa shape index (κ1) is 19.6. The lowest BCUT2D eigenvalue weighted by Gasteiger charge is -2.07. The van der Waals surface area contributed by atoms with E-state index in [1.165, 1.54) is 18.7 Å². The van der Waals surface area contributed by atoms with Crippen molar-refractivity contribution in [3.63, 3.8) is 0 Å². The maximum absolute atomic E-state index is 13.3. The van der Waals surface area contributed by atoms with E-state index in [-0.39, 0.29) is 23.4 Å². The van der Waals surface area contributed by atoms with Crippen LogP contribution in [0.15, 0.2) is 61.7 Å². The number of ketones is 1. The van der Waals surface area contributed by atoms with E-state index in [2.05, 4.69) is 30.2 Å². The van der Waals surface area contributed by atoms with Gasteiger partial charge in [-0.1, -0.05) is 0 Å². The van der Waals surface area contributed by atoms with Gasteiger partial charge in [-0.25, -0.2) is 15.0 Å². The number of nitrogens with one attached hydrogen (secondary N) is 2. The molecule has 0 spiro atoms. The Bertz CT molecular complexity index is 1480. The number of rotatable bonds is 5. The van der Waals surface area contributed by atoms with Crippen LogP contribution in [0.1, 0.15) is 46.3 Å². The largest absolute Gasteiger partial charge is 0.360 e. The second kappa shape index (κ2) is 7.69. The van der Waals surface area contributed by atoms with Gasteiger partial charge in [0.15, 0.2) is 5.78 Å². The summed E-state index contributed by atoms with van der Waals surface area (Å²) in [6.45, 7) is 4.04. The van der Waals surface area contributed by atoms with Gasteiger partial charge in [-0.15, -0.1) is 0 Å². The SMILES string of the molecule is CC(C)n1cc(C(=O)c2cncc(NC(=O)c3cc4cc[nH]c4cn3)c2)c2cncnc21. The van der Waals surface area contributed by atoms with Gasteiger partial charge in [0, 0.05) is 47.2 Å². The molecule has 0 fully saturated rings. The van der Waals surface area contributed by atoms with E-state index in [0.29, 0.717) is 27.8 Å². The molecule has 0 radical (unpaired) electrons. The van der Waals surface area contributed by atoms with Crippen LogP contribution in [0.4, 0.5) is 5.69 Å². The number of hydrogen-bond acceptors (Lipinski definition) is 6. The number of fused-ring (bicyclic) bond motifs is 2. The van der Waals surface area contributed by atoms with Crippen molar-refractivity contribution in [3.8, 4) is 0 Å². The molecule has 0 aliphatic rings. The average molecular weight is 425 g/mol. The summed E-state index contributed by atoms with van der Waals surface area (Å²) in [4.78, 5) is 45.7. The van der Waals surface area contributed by atoms with E-state index in [9.17, 15) is 9.59 Å². The number of nitrogens with zero attached hydrogens (tertiary/aromatic N) is 5. The molecule has 0 bridgehead atoms. The molecule has 0 unspecified atom stereocenters. The fraction of sp³-hybridized carbons (Fsp3) is 0.130. The summed E-state index contributed by atoms with van der Waals surface area (Å²) in [6, 6.07) is 5.29. The van der Waals surface area contributed by atoms with Crippen molar-refractivity contribution in [1.29, 1.82) is 0 Å². The first-order valence-electron chi connectivity index (χ1n) is 10.1. The Kier molecular flexibility index (Phi) is 4.70. The summed E-state index contributed by atoms with van der Waals surface area (Å²) in [7, 11) is 0. The number of aromatic nitrogens is 6. The summed E-state index contributed by atoms with van der Waals surface area (Å²) in [6.07, 6.45) is 11.2. The molecule has 5 rings (SSSR count). The molecule has 0 atom stereocenters. The fourth-order valence-electron chi connectivity index (χ4n) is 3.62. The number of carbonyl (C=O) groups is 2. The standard InChI is InChI=1S/C23H19N7O2/c1-13(2)30-11-18(17-9-25-12-28-22(17)30)21(31)15-5-16(8-24-7-15)29-23(32)19-6-14-3-4-26-20(14)10-27-19/h3-13,26H,1-2H3,(H,29,32). The van der Waals surface area contributed by atoms with Gasteiger partial charge in [0.05, 0.1) is 29.2 Å². The Balaban J connectivity index is 1.44. The van der Waals surface area contributed by atoms with Crippen LogP contribution in [0.3, 0.4) is 0 Å². The predicted octanol–water partition coefficient (Wildman–Crippen LogP) is 3.77. The maximum atomic E-state index is 13.3. The van der Waals surface area contributed by atoms with Crippen LogP contribution in [0.5, 0.6) is 0 Å². The molecule has 5 aromatic rings. The number of anilines is 1. The molecular weight excluding hydrogens is 406 g/mol. The monoisotopic (exact) mass is 425 g/mol. The molecule has 0 aliphatic carbocycles. The second-order valence-corrected chi connectivity index (χ2v) is 7.68. The van der Waals surface area contributed by atoms with Crippen LogP contribution in [0.2, 0.25) is 0 Å². The summed E-state index contributed by atoms with van der Waals surface area (Å²) in [5.41, 5.74) is 3.05.